The topological polar surface area (TPSA) is 46.9 Å². The van der Waals surface area contributed by atoms with Gasteiger partial charge >= 0.3 is 0 Å². The Hall–Kier alpha value is -0.840. The maximum absolute atomic E-state index is 11.1. The first kappa shape index (κ1) is 11.2. The Labute approximate surface area is 91.8 Å². The molecule has 1 unspecified atom stereocenters. The zero-order chi connectivity index (χ0) is 10.4. The summed E-state index contributed by atoms with van der Waals surface area (Å²) in [7, 11) is 0. The predicted octanol–water partition coefficient (Wildman–Crippen LogP) is 1.17. The number of halogens is 1. The van der Waals surface area contributed by atoms with E-state index >= 15 is 0 Å². The van der Waals surface area contributed by atoms with Gasteiger partial charge in [-0.05, 0) is 19.4 Å². The highest BCUT2D eigenvalue weighted by Crippen LogP contribution is 1.96. The smallest absolute Gasteiger partial charge is 0.233 e. The van der Waals surface area contributed by atoms with E-state index in [2.05, 4.69) is 26.3 Å². The zero-order valence-electron chi connectivity index (χ0n) is 8.11. The van der Waals surface area contributed by atoms with Gasteiger partial charge in [-0.25, -0.2) is 0 Å². The van der Waals surface area contributed by atoms with Gasteiger partial charge in [0.25, 0.3) is 0 Å². The monoisotopic (exact) mass is 259 g/mol. The molecule has 1 aromatic rings. The van der Waals surface area contributed by atoms with Crippen molar-refractivity contribution < 1.29 is 4.79 Å². The van der Waals surface area contributed by atoms with Crippen LogP contribution in [0.3, 0.4) is 0 Å². The Morgan fingerprint density at radius 2 is 2.50 bits per heavy atom. The van der Waals surface area contributed by atoms with Gasteiger partial charge in [0.15, 0.2) is 0 Å². The summed E-state index contributed by atoms with van der Waals surface area (Å²) >= 11 is 3.20. The molecule has 0 aliphatic carbocycles. The predicted molar refractivity (Wildman–Crippen MR) is 58.2 cm³/mol. The van der Waals surface area contributed by atoms with E-state index in [1.54, 1.807) is 6.20 Å². The van der Waals surface area contributed by atoms with Crippen LogP contribution in [0, 0.1) is 0 Å². The molecule has 1 atom stereocenters. The average molecular weight is 260 g/mol. The number of rotatable bonds is 5. The summed E-state index contributed by atoms with van der Waals surface area (Å²) in [5.74, 6) is 0.0328. The van der Waals surface area contributed by atoms with Crippen LogP contribution in [0.5, 0.6) is 0 Å². The molecule has 0 aromatic carbocycles. The molecule has 0 saturated heterocycles. The number of alkyl halides is 1. The van der Waals surface area contributed by atoms with E-state index in [-0.39, 0.29) is 10.7 Å². The van der Waals surface area contributed by atoms with Gasteiger partial charge in [-0.15, -0.1) is 0 Å². The van der Waals surface area contributed by atoms with Crippen LogP contribution in [0.2, 0.25) is 0 Å². The molecule has 1 amide bonds. The lowest BCUT2D eigenvalue weighted by Gasteiger charge is -2.06. The van der Waals surface area contributed by atoms with E-state index < -0.39 is 0 Å². The minimum absolute atomic E-state index is 0.0328. The molecule has 0 aliphatic rings. The van der Waals surface area contributed by atoms with Crippen LogP contribution < -0.4 is 5.32 Å². The summed E-state index contributed by atoms with van der Waals surface area (Å²) < 4.78 is 1.85. The second kappa shape index (κ2) is 5.80. The minimum atomic E-state index is -0.118. The van der Waals surface area contributed by atoms with E-state index in [1.807, 2.05) is 23.9 Å². The molecule has 0 fully saturated rings. The lowest BCUT2D eigenvalue weighted by Crippen LogP contribution is -2.30. The first-order chi connectivity index (χ1) is 6.70. The lowest BCUT2D eigenvalue weighted by atomic mass is 10.4. The summed E-state index contributed by atoms with van der Waals surface area (Å²) in [5.41, 5.74) is 0. The summed E-state index contributed by atoms with van der Waals surface area (Å²) in [4.78, 5) is 11.0. The fraction of sp³-hybridized carbons (Fsp3) is 0.556. The van der Waals surface area contributed by atoms with Gasteiger partial charge in [-0.1, -0.05) is 15.9 Å². The van der Waals surface area contributed by atoms with Crippen molar-refractivity contribution in [3.05, 3.63) is 18.5 Å². The molecule has 14 heavy (non-hydrogen) atoms. The fourth-order valence-corrected chi connectivity index (χ4v) is 1.19. The second-order valence-electron chi connectivity index (χ2n) is 3.03. The molecule has 78 valence electrons. The van der Waals surface area contributed by atoms with Crippen molar-refractivity contribution in [1.82, 2.24) is 15.1 Å². The third-order valence-electron chi connectivity index (χ3n) is 1.78. The van der Waals surface area contributed by atoms with Gasteiger partial charge in [0.2, 0.25) is 5.91 Å². The lowest BCUT2D eigenvalue weighted by molar-refractivity contribution is -0.120. The van der Waals surface area contributed by atoms with Gasteiger partial charge < -0.3 is 5.32 Å². The maximum Gasteiger partial charge on any atom is 0.233 e. The number of aryl methyl sites for hydroxylation is 1. The van der Waals surface area contributed by atoms with E-state index in [0.717, 1.165) is 13.0 Å². The van der Waals surface area contributed by atoms with Gasteiger partial charge in [-0.2, -0.15) is 5.10 Å². The van der Waals surface area contributed by atoms with Crippen molar-refractivity contribution in [1.29, 1.82) is 0 Å². The third kappa shape index (κ3) is 3.91. The van der Waals surface area contributed by atoms with Crippen LogP contribution in [0.4, 0.5) is 0 Å². The molecule has 1 N–H and O–H groups in total. The number of nitrogens with zero attached hydrogens (tertiary/aromatic N) is 2. The third-order valence-corrected chi connectivity index (χ3v) is 2.20. The summed E-state index contributed by atoms with van der Waals surface area (Å²) in [6, 6.07) is 1.89. The summed E-state index contributed by atoms with van der Waals surface area (Å²) in [6.45, 7) is 3.33. The normalized spacial score (nSPS) is 12.4. The number of amides is 1. The van der Waals surface area contributed by atoms with Crippen LogP contribution in [0.25, 0.3) is 0 Å². The van der Waals surface area contributed by atoms with Crippen LogP contribution >= 0.6 is 15.9 Å². The van der Waals surface area contributed by atoms with Crippen molar-refractivity contribution in [2.75, 3.05) is 6.54 Å². The SMILES string of the molecule is CC(Br)C(=O)NCCCn1cccn1. The van der Waals surface area contributed by atoms with Crippen molar-refractivity contribution >= 4 is 21.8 Å². The molecule has 1 aromatic heterocycles. The van der Waals surface area contributed by atoms with E-state index in [1.165, 1.54) is 0 Å². The highest BCUT2D eigenvalue weighted by Gasteiger charge is 2.06. The standard InChI is InChI=1S/C9H14BrN3O/c1-8(10)9(14)11-4-2-6-13-7-3-5-12-13/h3,5,7-8H,2,4,6H2,1H3,(H,11,14). The maximum atomic E-state index is 11.1. The van der Waals surface area contributed by atoms with Gasteiger partial charge in [-0.3, -0.25) is 9.48 Å². The minimum Gasteiger partial charge on any atom is -0.355 e. The summed E-state index contributed by atoms with van der Waals surface area (Å²) in [6.07, 6.45) is 4.56. The van der Waals surface area contributed by atoms with E-state index in [4.69, 9.17) is 0 Å². The van der Waals surface area contributed by atoms with E-state index in [9.17, 15) is 4.79 Å². The Morgan fingerprint density at radius 1 is 1.71 bits per heavy atom. The Morgan fingerprint density at radius 3 is 3.07 bits per heavy atom. The molecule has 0 saturated carbocycles. The molecule has 5 heteroatoms. The molecule has 4 nitrogen and oxygen atoms in total. The van der Waals surface area contributed by atoms with Gasteiger partial charge in [0, 0.05) is 25.5 Å². The molecule has 0 aliphatic heterocycles. The van der Waals surface area contributed by atoms with Gasteiger partial charge in [0.05, 0.1) is 4.83 Å². The van der Waals surface area contributed by atoms with Crippen molar-refractivity contribution in [3.63, 3.8) is 0 Å². The van der Waals surface area contributed by atoms with E-state index in [0.29, 0.717) is 6.54 Å². The highest BCUT2D eigenvalue weighted by atomic mass is 79.9. The first-order valence-corrected chi connectivity index (χ1v) is 5.51. The molecule has 1 heterocycles. The van der Waals surface area contributed by atoms with Crippen LogP contribution in [-0.4, -0.2) is 27.1 Å². The zero-order valence-corrected chi connectivity index (χ0v) is 9.70. The number of nitrogens with one attached hydrogen (secondary N) is 1. The quantitative estimate of drug-likeness (QED) is 0.638. The number of hydrogen-bond acceptors (Lipinski definition) is 2. The van der Waals surface area contributed by atoms with Crippen molar-refractivity contribution in [2.45, 2.75) is 24.7 Å². The molecular weight excluding hydrogens is 246 g/mol. The summed E-state index contributed by atoms with van der Waals surface area (Å²) in [5, 5.41) is 6.88. The molecular formula is C9H14BrN3O. The Kier molecular flexibility index (Phi) is 4.65. The number of carbonyl (C=O) groups is 1. The Bertz CT molecular complexity index is 272. The number of aromatic nitrogens is 2. The first-order valence-electron chi connectivity index (χ1n) is 4.59. The number of carbonyl (C=O) groups excluding carboxylic acids is 1. The second-order valence-corrected chi connectivity index (χ2v) is 4.40. The number of hydrogen-bond donors (Lipinski definition) is 1. The molecule has 1 rings (SSSR count). The van der Waals surface area contributed by atoms with Crippen LogP contribution in [0.1, 0.15) is 13.3 Å². The largest absolute Gasteiger partial charge is 0.355 e. The van der Waals surface area contributed by atoms with Crippen molar-refractivity contribution in [2.24, 2.45) is 0 Å². The molecule has 0 radical (unpaired) electrons. The average Bonchev–Trinajstić information content (AvgIpc) is 2.64. The molecule has 0 bridgehead atoms. The van der Waals surface area contributed by atoms with Gasteiger partial charge in [0.1, 0.15) is 0 Å². The van der Waals surface area contributed by atoms with Crippen LogP contribution in [-0.2, 0) is 11.3 Å². The van der Waals surface area contributed by atoms with Crippen LogP contribution in [0.15, 0.2) is 18.5 Å². The Balaban J connectivity index is 2.08. The van der Waals surface area contributed by atoms with Crippen molar-refractivity contribution in [3.8, 4) is 0 Å². The molecule has 0 spiro atoms. The fourth-order valence-electron chi connectivity index (χ4n) is 1.03. The highest BCUT2D eigenvalue weighted by molar-refractivity contribution is 9.10.